The first-order valence-corrected chi connectivity index (χ1v) is 11.0. The van der Waals surface area contributed by atoms with Crippen LogP contribution < -0.4 is 10.7 Å². The van der Waals surface area contributed by atoms with Crippen LogP contribution in [0.1, 0.15) is 57.7 Å². The number of thioether (sulfide) groups is 1. The second-order valence-corrected chi connectivity index (χ2v) is 10.0. The first-order chi connectivity index (χ1) is 12.5. The highest BCUT2D eigenvalue weighted by molar-refractivity contribution is 7.99. The zero-order valence-electron chi connectivity index (χ0n) is 15.5. The molecule has 0 radical (unpaired) electrons. The summed E-state index contributed by atoms with van der Waals surface area (Å²) in [5.74, 6) is 4.22. The van der Waals surface area contributed by atoms with E-state index in [1.165, 1.54) is 38.5 Å². The van der Waals surface area contributed by atoms with E-state index >= 15 is 0 Å². The van der Waals surface area contributed by atoms with Gasteiger partial charge in [-0.05, 0) is 86.6 Å². The van der Waals surface area contributed by atoms with Crippen LogP contribution in [-0.2, 0) is 4.79 Å². The number of rotatable bonds is 5. The fraction of sp³-hybridized carbons (Fsp3) is 0.778. The van der Waals surface area contributed by atoms with Crippen LogP contribution in [0, 0.1) is 30.1 Å². The van der Waals surface area contributed by atoms with E-state index in [0.29, 0.717) is 11.5 Å². The fourth-order valence-corrected chi connectivity index (χ4v) is 6.71. The second-order valence-electron chi connectivity index (χ2n) is 8.38. The number of aryl methyl sites for hydroxylation is 1. The van der Waals surface area contributed by atoms with Crippen LogP contribution in [0.2, 0.25) is 0 Å². The van der Waals surface area contributed by atoms with Gasteiger partial charge in [-0.3, -0.25) is 10.2 Å². The van der Waals surface area contributed by atoms with Crippen molar-refractivity contribution in [2.75, 3.05) is 11.2 Å². The number of aromatic nitrogens is 3. The summed E-state index contributed by atoms with van der Waals surface area (Å²) in [6.07, 6.45) is 8.48. The summed E-state index contributed by atoms with van der Waals surface area (Å²) >= 11 is 6.94. The lowest BCUT2D eigenvalue weighted by molar-refractivity contribution is -0.127. The summed E-state index contributed by atoms with van der Waals surface area (Å²) in [6, 6.07) is 0. The van der Waals surface area contributed by atoms with Gasteiger partial charge in [0.2, 0.25) is 11.1 Å². The maximum Gasteiger partial charge on any atom is 0.226 e. The molecule has 0 spiro atoms. The van der Waals surface area contributed by atoms with Crippen molar-refractivity contribution in [3.05, 3.63) is 5.82 Å². The van der Waals surface area contributed by atoms with Gasteiger partial charge < -0.3 is 5.32 Å². The van der Waals surface area contributed by atoms with E-state index in [0.717, 1.165) is 34.5 Å². The van der Waals surface area contributed by atoms with Gasteiger partial charge in [0, 0.05) is 6.42 Å². The molecule has 1 heterocycles. The summed E-state index contributed by atoms with van der Waals surface area (Å²) in [7, 11) is 0. The van der Waals surface area contributed by atoms with Gasteiger partial charge in [0.1, 0.15) is 5.82 Å². The molecule has 1 aromatic rings. The van der Waals surface area contributed by atoms with E-state index in [4.69, 9.17) is 12.2 Å². The summed E-state index contributed by atoms with van der Waals surface area (Å²) in [4.78, 5) is 12.7. The van der Waals surface area contributed by atoms with E-state index in [1.54, 1.807) is 16.4 Å². The zero-order valence-corrected chi connectivity index (χ0v) is 17.1. The lowest BCUT2D eigenvalue weighted by Crippen LogP contribution is -2.49. The van der Waals surface area contributed by atoms with E-state index in [2.05, 4.69) is 27.9 Å². The molecule has 4 saturated carbocycles. The molecule has 0 aromatic carbocycles. The Bertz CT molecular complexity index is 681. The molecule has 142 valence electrons. The smallest absolute Gasteiger partial charge is 0.226 e. The van der Waals surface area contributed by atoms with Gasteiger partial charge in [-0.15, -0.1) is 10.2 Å². The van der Waals surface area contributed by atoms with Crippen LogP contribution in [0.15, 0.2) is 5.16 Å². The number of nitrogens with zero attached hydrogens (tertiary/aromatic N) is 3. The molecule has 4 aliphatic rings. The lowest BCUT2D eigenvalue weighted by Gasteiger charge is -2.56. The van der Waals surface area contributed by atoms with Crippen molar-refractivity contribution < 1.29 is 4.79 Å². The topological polar surface area (TPSA) is 71.8 Å². The molecule has 26 heavy (non-hydrogen) atoms. The summed E-state index contributed by atoms with van der Waals surface area (Å²) in [5, 5.41) is 12.2. The average molecular weight is 394 g/mol. The molecule has 1 aromatic heterocycles. The Labute approximate surface area is 164 Å². The van der Waals surface area contributed by atoms with Crippen molar-refractivity contribution in [1.82, 2.24) is 20.2 Å². The Hall–Kier alpha value is -1.15. The fourth-order valence-electron chi connectivity index (χ4n) is 5.84. The van der Waals surface area contributed by atoms with Crippen LogP contribution in [0.25, 0.3) is 0 Å². The Kier molecular flexibility index (Phi) is 4.98. The van der Waals surface area contributed by atoms with Crippen LogP contribution in [-0.4, -0.2) is 31.6 Å². The van der Waals surface area contributed by atoms with Gasteiger partial charge in [0.15, 0.2) is 5.11 Å². The Morgan fingerprint density at radius 1 is 1.23 bits per heavy atom. The maximum atomic E-state index is 12.7. The number of carbonyl (C=O) groups excluding carboxylic acids is 1. The number of amides is 1. The van der Waals surface area contributed by atoms with Gasteiger partial charge in [-0.2, -0.15) is 0 Å². The molecule has 0 atom stereocenters. The minimum Gasteiger partial charge on any atom is -0.302 e. The number of nitrogens with one attached hydrogen (secondary N) is 2. The Morgan fingerprint density at radius 3 is 2.42 bits per heavy atom. The molecular weight excluding hydrogens is 366 g/mol. The van der Waals surface area contributed by atoms with Gasteiger partial charge in [0.05, 0.1) is 0 Å². The lowest BCUT2D eigenvalue weighted by atomic mass is 9.49. The molecule has 5 rings (SSSR count). The molecule has 4 fully saturated rings. The Balaban J connectivity index is 1.35. The highest BCUT2D eigenvalue weighted by Crippen LogP contribution is 2.61. The average Bonchev–Trinajstić information content (AvgIpc) is 2.86. The molecule has 8 heteroatoms. The predicted molar refractivity (Wildman–Crippen MR) is 106 cm³/mol. The normalized spacial score (nSPS) is 31.8. The van der Waals surface area contributed by atoms with E-state index in [1.807, 2.05) is 6.92 Å². The summed E-state index contributed by atoms with van der Waals surface area (Å²) in [5.41, 5.74) is 3.28. The molecule has 2 N–H and O–H groups in total. The monoisotopic (exact) mass is 393 g/mol. The largest absolute Gasteiger partial charge is 0.302 e. The number of hydrogen-bond donors (Lipinski definition) is 2. The van der Waals surface area contributed by atoms with E-state index in [9.17, 15) is 4.79 Å². The maximum absolute atomic E-state index is 12.7. The quantitative estimate of drug-likeness (QED) is 0.591. The third-order valence-corrected chi connectivity index (χ3v) is 7.24. The molecule has 4 aliphatic carbocycles. The first-order valence-electron chi connectivity index (χ1n) is 9.62. The van der Waals surface area contributed by atoms with Gasteiger partial charge in [0.25, 0.3) is 0 Å². The molecule has 0 unspecified atom stereocenters. The third kappa shape index (κ3) is 3.63. The van der Waals surface area contributed by atoms with Crippen LogP contribution in [0.3, 0.4) is 0 Å². The number of hydrogen-bond acceptors (Lipinski definition) is 5. The molecule has 6 nitrogen and oxygen atoms in total. The van der Waals surface area contributed by atoms with Crippen molar-refractivity contribution in [2.45, 2.75) is 63.9 Å². The van der Waals surface area contributed by atoms with Crippen molar-refractivity contribution in [1.29, 1.82) is 0 Å². The van der Waals surface area contributed by atoms with Crippen molar-refractivity contribution in [3.8, 4) is 0 Å². The van der Waals surface area contributed by atoms with Crippen LogP contribution >= 0.6 is 24.0 Å². The standard InChI is InChI=1S/C18H27N5OS2/c1-3-26-17-21-20-11(2)23(17)22-16(25)19-15(24)10-18-7-12-4-13(8-18)6-14(5-12)9-18/h12-14H,3-10H2,1-2H3,(H2,19,22,24,25). The highest BCUT2D eigenvalue weighted by atomic mass is 32.2. The van der Waals surface area contributed by atoms with Crippen LogP contribution in [0.5, 0.6) is 0 Å². The minimum absolute atomic E-state index is 0.0415. The van der Waals surface area contributed by atoms with Crippen LogP contribution in [0.4, 0.5) is 0 Å². The SMILES string of the molecule is CCSc1nnc(C)n1NC(=S)NC(=O)CC12CC3CC(CC(C3)C1)C2. The van der Waals surface area contributed by atoms with Crippen molar-refractivity contribution in [2.24, 2.45) is 23.2 Å². The number of carbonyl (C=O) groups is 1. The second kappa shape index (κ2) is 7.11. The predicted octanol–water partition coefficient (Wildman–Crippen LogP) is 3.25. The Morgan fingerprint density at radius 2 is 1.85 bits per heavy atom. The minimum atomic E-state index is 0.0415. The van der Waals surface area contributed by atoms with Crippen molar-refractivity contribution >= 4 is 35.0 Å². The van der Waals surface area contributed by atoms with E-state index < -0.39 is 0 Å². The van der Waals surface area contributed by atoms with Gasteiger partial charge in [-0.25, -0.2) is 4.68 Å². The van der Waals surface area contributed by atoms with E-state index in [-0.39, 0.29) is 11.3 Å². The van der Waals surface area contributed by atoms with Gasteiger partial charge >= 0.3 is 0 Å². The van der Waals surface area contributed by atoms with Crippen molar-refractivity contribution in [3.63, 3.8) is 0 Å². The summed E-state index contributed by atoms with van der Waals surface area (Å²) < 4.78 is 1.74. The molecule has 0 aliphatic heterocycles. The number of thiocarbonyl (C=S) groups is 1. The molecule has 1 amide bonds. The first kappa shape index (κ1) is 18.2. The zero-order chi connectivity index (χ0) is 18.3. The third-order valence-electron chi connectivity index (χ3n) is 6.24. The molecule has 4 bridgehead atoms. The molecule has 0 saturated heterocycles. The van der Waals surface area contributed by atoms with Gasteiger partial charge in [-0.1, -0.05) is 18.7 Å². The highest BCUT2D eigenvalue weighted by Gasteiger charge is 2.51. The summed E-state index contributed by atoms with van der Waals surface area (Å²) in [6.45, 7) is 3.92. The molecular formula is C18H27N5OS2.